The summed E-state index contributed by atoms with van der Waals surface area (Å²) in [5, 5.41) is 5.98. The maximum Gasteiger partial charge on any atom is 0.249 e. The van der Waals surface area contributed by atoms with E-state index in [4.69, 9.17) is 0 Å². The van der Waals surface area contributed by atoms with E-state index in [0.29, 0.717) is 13.0 Å². The second kappa shape index (κ2) is 5.75. The molecule has 6 heteroatoms. The van der Waals surface area contributed by atoms with Crippen LogP contribution in [0.1, 0.15) is 44.0 Å². The minimum atomic E-state index is -0.619. The van der Waals surface area contributed by atoms with Crippen molar-refractivity contribution in [3.8, 4) is 0 Å². The molecule has 0 radical (unpaired) electrons. The van der Waals surface area contributed by atoms with Crippen molar-refractivity contribution in [2.75, 3.05) is 6.54 Å². The van der Waals surface area contributed by atoms with Crippen molar-refractivity contribution in [3.63, 3.8) is 0 Å². The molecule has 21 heavy (non-hydrogen) atoms. The van der Waals surface area contributed by atoms with E-state index in [-0.39, 0.29) is 17.9 Å². The molecule has 2 amide bonds. The SMILES string of the molecule is CCC1C(=O)NC2(CCCC2)C(=O)N1CCc1nccs1. The lowest BCUT2D eigenvalue weighted by atomic mass is 9.90. The maximum atomic E-state index is 12.9. The third kappa shape index (κ3) is 2.57. The lowest BCUT2D eigenvalue weighted by molar-refractivity contribution is -0.155. The highest BCUT2D eigenvalue weighted by Gasteiger charge is 2.51. The third-order valence-corrected chi connectivity index (χ3v) is 5.44. The molecule has 1 unspecified atom stereocenters. The molecule has 3 rings (SSSR count). The summed E-state index contributed by atoms with van der Waals surface area (Å²) in [7, 11) is 0. The van der Waals surface area contributed by atoms with Crippen LogP contribution in [0.5, 0.6) is 0 Å². The Morgan fingerprint density at radius 2 is 2.19 bits per heavy atom. The van der Waals surface area contributed by atoms with E-state index in [9.17, 15) is 9.59 Å². The number of aromatic nitrogens is 1. The van der Waals surface area contributed by atoms with Gasteiger partial charge in [0.05, 0.1) is 5.01 Å². The average Bonchev–Trinajstić information content (AvgIpc) is 3.13. The van der Waals surface area contributed by atoms with Crippen LogP contribution in [-0.2, 0) is 16.0 Å². The molecule has 1 aromatic rings. The van der Waals surface area contributed by atoms with Gasteiger partial charge in [-0.15, -0.1) is 11.3 Å². The van der Waals surface area contributed by atoms with Gasteiger partial charge >= 0.3 is 0 Å². The second-order valence-electron chi connectivity index (χ2n) is 5.88. The molecule has 0 bridgehead atoms. The van der Waals surface area contributed by atoms with E-state index in [1.54, 1.807) is 22.4 Å². The molecule has 1 aromatic heterocycles. The van der Waals surface area contributed by atoms with E-state index in [0.717, 1.165) is 37.1 Å². The van der Waals surface area contributed by atoms with Crippen LogP contribution in [0.15, 0.2) is 11.6 Å². The molecule has 1 saturated carbocycles. The normalized spacial score (nSPS) is 24.6. The Morgan fingerprint density at radius 3 is 2.81 bits per heavy atom. The average molecular weight is 307 g/mol. The predicted molar refractivity (Wildman–Crippen MR) is 81.0 cm³/mol. The number of hydrogen-bond acceptors (Lipinski definition) is 4. The fraction of sp³-hybridized carbons (Fsp3) is 0.667. The van der Waals surface area contributed by atoms with Crippen molar-refractivity contribution in [3.05, 3.63) is 16.6 Å². The maximum absolute atomic E-state index is 12.9. The third-order valence-electron chi connectivity index (χ3n) is 4.61. The van der Waals surface area contributed by atoms with Crippen molar-refractivity contribution in [1.29, 1.82) is 0 Å². The Hall–Kier alpha value is -1.43. The summed E-state index contributed by atoms with van der Waals surface area (Å²) in [5.74, 6) is 0.126. The zero-order chi connectivity index (χ0) is 14.9. The van der Waals surface area contributed by atoms with Crippen LogP contribution >= 0.6 is 11.3 Å². The topological polar surface area (TPSA) is 62.3 Å². The summed E-state index contributed by atoms with van der Waals surface area (Å²) < 4.78 is 0. The second-order valence-corrected chi connectivity index (χ2v) is 6.86. The summed E-state index contributed by atoms with van der Waals surface area (Å²) in [5.41, 5.74) is -0.619. The lowest BCUT2D eigenvalue weighted by Gasteiger charge is -2.44. The van der Waals surface area contributed by atoms with Crippen LogP contribution in [0.4, 0.5) is 0 Å². The van der Waals surface area contributed by atoms with Crippen LogP contribution in [0.25, 0.3) is 0 Å². The smallest absolute Gasteiger partial charge is 0.249 e. The van der Waals surface area contributed by atoms with Gasteiger partial charge in [0.1, 0.15) is 11.6 Å². The Kier molecular flexibility index (Phi) is 3.97. The van der Waals surface area contributed by atoms with Gasteiger partial charge in [0.15, 0.2) is 0 Å². The largest absolute Gasteiger partial charge is 0.340 e. The molecule has 5 nitrogen and oxygen atoms in total. The Balaban J connectivity index is 1.79. The molecular formula is C15H21N3O2S. The summed E-state index contributed by atoms with van der Waals surface area (Å²) in [6, 6.07) is -0.330. The zero-order valence-electron chi connectivity index (χ0n) is 12.3. The molecule has 114 valence electrons. The molecule has 1 aliphatic carbocycles. The summed E-state index contributed by atoms with van der Waals surface area (Å²) in [4.78, 5) is 31.4. The van der Waals surface area contributed by atoms with E-state index in [2.05, 4.69) is 10.3 Å². The van der Waals surface area contributed by atoms with E-state index in [1.807, 2.05) is 12.3 Å². The van der Waals surface area contributed by atoms with Crippen LogP contribution in [0.3, 0.4) is 0 Å². The first-order valence-electron chi connectivity index (χ1n) is 7.68. The van der Waals surface area contributed by atoms with Crippen molar-refractivity contribution in [1.82, 2.24) is 15.2 Å². The summed E-state index contributed by atoms with van der Waals surface area (Å²) >= 11 is 1.60. The van der Waals surface area contributed by atoms with Crippen molar-refractivity contribution >= 4 is 23.2 Å². The molecule has 1 saturated heterocycles. The molecule has 2 aliphatic rings. The van der Waals surface area contributed by atoms with Crippen LogP contribution in [0.2, 0.25) is 0 Å². The highest BCUT2D eigenvalue weighted by molar-refractivity contribution is 7.09. The molecule has 0 aromatic carbocycles. The fourth-order valence-corrected chi connectivity index (χ4v) is 4.11. The minimum Gasteiger partial charge on any atom is -0.340 e. The summed E-state index contributed by atoms with van der Waals surface area (Å²) in [6.07, 6.45) is 6.76. The van der Waals surface area contributed by atoms with E-state index >= 15 is 0 Å². The van der Waals surface area contributed by atoms with E-state index in [1.165, 1.54) is 0 Å². The molecular weight excluding hydrogens is 286 g/mol. The Bertz CT molecular complexity index is 523. The first kappa shape index (κ1) is 14.5. The number of carbonyl (C=O) groups excluding carboxylic acids is 2. The molecule has 1 aliphatic heterocycles. The number of piperazine rings is 1. The number of nitrogens with one attached hydrogen (secondary N) is 1. The number of thiazole rings is 1. The first-order valence-corrected chi connectivity index (χ1v) is 8.56. The van der Waals surface area contributed by atoms with E-state index < -0.39 is 5.54 Å². The summed E-state index contributed by atoms with van der Waals surface area (Å²) in [6.45, 7) is 2.54. The van der Waals surface area contributed by atoms with Crippen LogP contribution < -0.4 is 5.32 Å². The minimum absolute atomic E-state index is 0.0122. The van der Waals surface area contributed by atoms with Crippen molar-refractivity contribution in [2.45, 2.75) is 57.0 Å². The molecule has 1 spiro atoms. The molecule has 2 fully saturated rings. The van der Waals surface area contributed by atoms with Gasteiger partial charge in [-0.1, -0.05) is 19.8 Å². The molecule has 2 heterocycles. The van der Waals surface area contributed by atoms with Crippen molar-refractivity contribution in [2.24, 2.45) is 0 Å². The van der Waals surface area contributed by atoms with Crippen LogP contribution in [0, 0.1) is 0 Å². The number of carbonyl (C=O) groups is 2. The quantitative estimate of drug-likeness (QED) is 0.921. The highest BCUT2D eigenvalue weighted by atomic mass is 32.1. The van der Waals surface area contributed by atoms with Gasteiger partial charge in [0.2, 0.25) is 11.8 Å². The van der Waals surface area contributed by atoms with Gasteiger partial charge in [-0.25, -0.2) is 4.98 Å². The molecule has 1 N–H and O–H groups in total. The highest BCUT2D eigenvalue weighted by Crippen LogP contribution is 2.35. The van der Waals surface area contributed by atoms with Gasteiger partial charge in [-0.2, -0.15) is 0 Å². The monoisotopic (exact) mass is 307 g/mol. The van der Waals surface area contributed by atoms with Gasteiger partial charge in [-0.05, 0) is 19.3 Å². The van der Waals surface area contributed by atoms with Crippen molar-refractivity contribution < 1.29 is 9.59 Å². The first-order chi connectivity index (χ1) is 10.2. The number of nitrogens with zero attached hydrogens (tertiary/aromatic N) is 2. The number of hydrogen-bond donors (Lipinski definition) is 1. The Morgan fingerprint density at radius 1 is 1.43 bits per heavy atom. The van der Waals surface area contributed by atoms with Gasteiger partial charge in [0, 0.05) is 24.5 Å². The lowest BCUT2D eigenvalue weighted by Crippen LogP contribution is -2.69. The fourth-order valence-electron chi connectivity index (χ4n) is 3.50. The molecule has 1 atom stereocenters. The van der Waals surface area contributed by atoms with Gasteiger partial charge in [-0.3, -0.25) is 9.59 Å². The van der Waals surface area contributed by atoms with Gasteiger partial charge in [0.25, 0.3) is 0 Å². The Labute approximate surface area is 128 Å². The number of rotatable bonds is 4. The standard InChI is InChI=1S/C15H21N3O2S/c1-2-11-13(19)17-15(6-3-4-7-15)14(20)18(11)9-5-12-16-8-10-21-12/h8,10-11H,2-7,9H2,1H3,(H,17,19). The number of amides is 2. The van der Waals surface area contributed by atoms with Crippen LogP contribution in [-0.4, -0.2) is 39.8 Å². The predicted octanol–water partition coefficient (Wildman–Crippen LogP) is 1.74. The van der Waals surface area contributed by atoms with Gasteiger partial charge < -0.3 is 10.2 Å². The zero-order valence-corrected chi connectivity index (χ0v) is 13.1.